The summed E-state index contributed by atoms with van der Waals surface area (Å²) in [5.41, 5.74) is 2.59. The number of nitrogens with zero attached hydrogens (tertiary/aromatic N) is 3. The molecule has 1 saturated heterocycles. The standard InChI is InChI=1S/C17H22N4O/c1-13(10-15-6-4-3-5-7-15)11-21-8-9-22-16(12-21)17-18-14(2)19-20-17/h3-7,10,16H,8-9,11-12H2,1-2H3,(H,18,19,20)/b13-10+. The van der Waals surface area contributed by atoms with Crippen LogP contribution in [0.15, 0.2) is 35.9 Å². The second kappa shape index (κ2) is 6.85. The van der Waals surface area contributed by atoms with Crippen molar-refractivity contribution in [3.05, 3.63) is 53.1 Å². The maximum absolute atomic E-state index is 5.80. The summed E-state index contributed by atoms with van der Waals surface area (Å²) in [5, 5.41) is 7.10. The third-order valence-corrected chi connectivity index (χ3v) is 3.74. The Morgan fingerprint density at radius 3 is 2.95 bits per heavy atom. The topological polar surface area (TPSA) is 54.0 Å². The van der Waals surface area contributed by atoms with Crippen LogP contribution in [0.3, 0.4) is 0 Å². The fourth-order valence-corrected chi connectivity index (χ4v) is 2.74. The van der Waals surface area contributed by atoms with E-state index in [4.69, 9.17) is 4.74 Å². The molecule has 1 aliphatic heterocycles. The van der Waals surface area contributed by atoms with E-state index in [0.29, 0.717) is 0 Å². The van der Waals surface area contributed by atoms with Crippen molar-refractivity contribution in [3.63, 3.8) is 0 Å². The molecule has 0 radical (unpaired) electrons. The highest BCUT2D eigenvalue weighted by atomic mass is 16.5. The van der Waals surface area contributed by atoms with Gasteiger partial charge >= 0.3 is 0 Å². The van der Waals surface area contributed by atoms with Gasteiger partial charge in [-0.05, 0) is 19.4 Å². The number of nitrogens with one attached hydrogen (secondary N) is 1. The van der Waals surface area contributed by atoms with Gasteiger partial charge in [0.25, 0.3) is 0 Å². The highest BCUT2D eigenvalue weighted by molar-refractivity contribution is 5.52. The molecular weight excluding hydrogens is 276 g/mol. The van der Waals surface area contributed by atoms with Gasteiger partial charge in [0.1, 0.15) is 11.9 Å². The van der Waals surface area contributed by atoms with E-state index in [1.54, 1.807) is 0 Å². The van der Waals surface area contributed by atoms with Crippen LogP contribution in [0.2, 0.25) is 0 Å². The average Bonchev–Trinajstić information content (AvgIpc) is 2.95. The van der Waals surface area contributed by atoms with Crippen LogP contribution in [0, 0.1) is 6.92 Å². The molecule has 2 aromatic rings. The molecule has 1 aliphatic rings. The largest absolute Gasteiger partial charge is 0.367 e. The van der Waals surface area contributed by atoms with E-state index in [1.165, 1.54) is 11.1 Å². The molecule has 0 amide bonds. The van der Waals surface area contributed by atoms with E-state index in [2.05, 4.69) is 57.3 Å². The van der Waals surface area contributed by atoms with Crippen molar-refractivity contribution in [1.29, 1.82) is 0 Å². The summed E-state index contributed by atoms with van der Waals surface area (Å²) < 4.78 is 5.80. The number of H-pyrrole nitrogens is 1. The number of ether oxygens (including phenoxy) is 1. The predicted molar refractivity (Wildman–Crippen MR) is 86.3 cm³/mol. The Morgan fingerprint density at radius 2 is 2.23 bits per heavy atom. The quantitative estimate of drug-likeness (QED) is 0.942. The van der Waals surface area contributed by atoms with Gasteiger partial charge in [-0.1, -0.05) is 42.0 Å². The van der Waals surface area contributed by atoms with Gasteiger partial charge in [0, 0.05) is 19.6 Å². The lowest BCUT2D eigenvalue weighted by molar-refractivity contribution is -0.0310. The Hall–Kier alpha value is -1.98. The molecule has 0 spiro atoms. The number of rotatable bonds is 4. The van der Waals surface area contributed by atoms with Crippen LogP contribution in [0.5, 0.6) is 0 Å². The van der Waals surface area contributed by atoms with Crippen molar-refractivity contribution in [1.82, 2.24) is 20.1 Å². The van der Waals surface area contributed by atoms with Crippen molar-refractivity contribution in [2.75, 3.05) is 26.2 Å². The Kier molecular flexibility index (Phi) is 4.65. The zero-order valence-corrected chi connectivity index (χ0v) is 13.1. The van der Waals surface area contributed by atoms with Crippen LogP contribution in [-0.4, -0.2) is 46.3 Å². The summed E-state index contributed by atoms with van der Waals surface area (Å²) in [6, 6.07) is 10.4. The Labute approximate surface area is 131 Å². The second-order valence-electron chi connectivity index (χ2n) is 5.77. The number of aryl methyl sites for hydroxylation is 1. The minimum absolute atomic E-state index is 0.0387. The van der Waals surface area contributed by atoms with Gasteiger partial charge in [0.2, 0.25) is 0 Å². The Balaban J connectivity index is 1.61. The minimum Gasteiger partial charge on any atom is -0.367 e. The number of hydrogen-bond donors (Lipinski definition) is 1. The van der Waals surface area contributed by atoms with Crippen molar-refractivity contribution in [2.45, 2.75) is 20.0 Å². The molecule has 116 valence electrons. The van der Waals surface area contributed by atoms with Gasteiger partial charge in [-0.2, -0.15) is 5.10 Å². The lowest BCUT2D eigenvalue weighted by atomic mass is 10.1. The van der Waals surface area contributed by atoms with E-state index in [9.17, 15) is 0 Å². The molecule has 0 aliphatic carbocycles. The van der Waals surface area contributed by atoms with Crippen molar-refractivity contribution >= 4 is 6.08 Å². The first-order valence-corrected chi connectivity index (χ1v) is 7.66. The number of benzene rings is 1. The summed E-state index contributed by atoms with van der Waals surface area (Å²) >= 11 is 0. The van der Waals surface area contributed by atoms with Crippen LogP contribution in [0.25, 0.3) is 6.08 Å². The molecular formula is C17H22N4O. The molecule has 0 saturated carbocycles. The SMILES string of the molecule is C/C(=C\c1ccccc1)CN1CCOC(c2n[nH]c(C)n2)C1. The molecule has 2 heterocycles. The second-order valence-corrected chi connectivity index (χ2v) is 5.77. The summed E-state index contributed by atoms with van der Waals surface area (Å²) in [4.78, 5) is 6.78. The monoisotopic (exact) mass is 298 g/mol. The first kappa shape index (κ1) is 14.9. The van der Waals surface area contributed by atoms with Crippen molar-refractivity contribution in [2.24, 2.45) is 0 Å². The molecule has 22 heavy (non-hydrogen) atoms. The van der Waals surface area contributed by atoms with Crippen molar-refractivity contribution < 1.29 is 4.74 Å². The molecule has 1 N–H and O–H groups in total. The summed E-state index contributed by atoms with van der Waals surface area (Å²) in [5.74, 6) is 1.59. The van der Waals surface area contributed by atoms with Gasteiger partial charge in [-0.15, -0.1) is 0 Å². The van der Waals surface area contributed by atoms with Crippen LogP contribution < -0.4 is 0 Å². The van der Waals surface area contributed by atoms with E-state index in [0.717, 1.165) is 37.9 Å². The van der Waals surface area contributed by atoms with Crippen LogP contribution in [0.4, 0.5) is 0 Å². The lowest BCUT2D eigenvalue weighted by Crippen LogP contribution is -2.39. The highest BCUT2D eigenvalue weighted by Gasteiger charge is 2.24. The molecule has 1 aromatic carbocycles. The zero-order valence-electron chi connectivity index (χ0n) is 13.1. The smallest absolute Gasteiger partial charge is 0.180 e. The fraction of sp³-hybridized carbons (Fsp3) is 0.412. The van der Waals surface area contributed by atoms with Gasteiger partial charge in [-0.25, -0.2) is 4.98 Å². The molecule has 1 aromatic heterocycles. The third-order valence-electron chi connectivity index (χ3n) is 3.74. The van der Waals surface area contributed by atoms with Crippen LogP contribution in [0.1, 0.15) is 30.2 Å². The predicted octanol–water partition coefficient (Wildman–Crippen LogP) is 2.59. The number of morpholine rings is 1. The normalized spacial score (nSPS) is 20.3. The summed E-state index contributed by atoms with van der Waals surface area (Å²) in [6.45, 7) is 7.52. The highest BCUT2D eigenvalue weighted by Crippen LogP contribution is 2.20. The first-order valence-electron chi connectivity index (χ1n) is 7.66. The molecule has 1 atom stereocenters. The van der Waals surface area contributed by atoms with Gasteiger partial charge < -0.3 is 4.74 Å². The summed E-state index contributed by atoms with van der Waals surface area (Å²) in [7, 11) is 0. The average molecular weight is 298 g/mol. The number of aromatic nitrogens is 3. The number of hydrogen-bond acceptors (Lipinski definition) is 4. The molecule has 0 bridgehead atoms. The summed E-state index contributed by atoms with van der Waals surface area (Å²) in [6.07, 6.45) is 2.20. The van der Waals surface area contributed by atoms with E-state index in [-0.39, 0.29) is 6.10 Å². The van der Waals surface area contributed by atoms with Gasteiger partial charge in [-0.3, -0.25) is 10.00 Å². The maximum atomic E-state index is 5.80. The van der Waals surface area contributed by atoms with Gasteiger partial charge in [0.15, 0.2) is 5.82 Å². The molecule has 1 fully saturated rings. The van der Waals surface area contributed by atoms with Crippen molar-refractivity contribution in [3.8, 4) is 0 Å². The van der Waals surface area contributed by atoms with E-state index >= 15 is 0 Å². The molecule has 5 nitrogen and oxygen atoms in total. The maximum Gasteiger partial charge on any atom is 0.180 e. The Bertz CT molecular complexity index is 635. The number of aromatic amines is 1. The molecule has 5 heteroatoms. The van der Waals surface area contributed by atoms with E-state index in [1.807, 2.05) is 13.0 Å². The van der Waals surface area contributed by atoms with Crippen LogP contribution in [-0.2, 0) is 4.74 Å². The first-order chi connectivity index (χ1) is 10.7. The zero-order chi connectivity index (χ0) is 15.4. The van der Waals surface area contributed by atoms with Crippen LogP contribution >= 0.6 is 0 Å². The molecule has 1 unspecified atom stereocenters. The molecule has 3 rings (SSSR count). The van der Waals surface area contributed by atoms with Gasteiger partial charge in [0.05, 0.1) is 6.61 Å². The third kappa shape index (κ3) is 3.81. The minimum atomic E-state index is -0.0387. The lowest BCUT2D eigenvalue weighted by Gasteiger charge is -2.31. The Morgan fingerprint density at radius 1 is 1.41 bits per heavy atom. The fourth-order valence-electron chi connectivity index (χ4n) is 2.74. The van der Waals surface area contributed by atoms with E-state index < -0.39 is 0 Å².